The number of rotatable bonds is 3. The quantitative estimate of drug-likeness (QED) is 0.722. The first kappa shape index (κ1) is 18.7. The van der Waals surface area contributed by atoms with Gasteiger partial charge in [0.1, 0.15) is 0 Å². The molecule has 1 saturated heterocycles. The standard InChI is InChI=1S/C24H24N2O4/c1-24(13-16-7-8-20-21(11-16)30-15-29-20)9-4-10-26(14-24)23(28)18-12-22(27)25-19-6-3-2-5-17(18)19/h2-3,5-8,11-12H,4,9-10,13-15H2,1H3,(H,25,27)/t24-/m1/s1. The van der Waals surface area contributed by atoms with Crippen LogP contribution in [0.15, 0.2) is 53.3 Å². The van der Waals surface area contributed by atoms with E-state index >= 15 is 0 Å². The molecule has 0 spiro atoms. The van der Waals surface area contributed by atoms with E-state index in [9.17, 15) is 9.59 Å². The van der Waals surface area contributed by atoms with Gasteiger partial charge in [-0.25, -0.2) is 0 Å². The zero-order chi connectivity index (χ0) is 20.7. The number of para-hydroxylation sites is 1. The van der Waals surface area contributed by atoms with Gasteiger partial charge in [0.15, 0.2) is 11.5 Å². The lowest BCUT2D eigenvalue weighted by molar-refractivity contribution is 0.0552. The van der Waals surface area contributed by atoms with Crippen molar-refractivity contribution in [2.75, 3.05) is 19.9 Å². The largest absolute Gasteiger partial charge is 0.454 e. The number of amides is 1. The third-order valence-corrected chi connectivity index (χ3v) is 6.12. The normalized spacial score (nSPS) is 20.5. The molecule has 0 saturated carbocycles. The van der Waals surface area contributed by atoms with Gasteiger partial charge >= 0.3 is 0 Å². The number of benzene rings is 2. The number of nitrogens with zero attached hydrogens (tertiary/aromatic N) is 1. The maximum absolute atomic E-state index is 13.4. The Balaban J connectivity index is 1.40. The average molecular weight is 404 g/mol. The molecule has 1 aromatic heterocycles. The van der Waals surface area contributed by atoms with E-state index in [1.807, 2.05) is 41.3 Å². The van der Waals surface area contributed by atoms with E-state index in [0.29, 0.717) is 24.2 Å². The van der Waals surface area contributed by atoms with Gasteiger partial charge in [0.05, 0.1) is 5.56 Å². The fraction of sp³-hybridized carbons (Fsp3) is 0.333. The number of aromatic nitrogens is 1. The summed E-state index contributed by atoms with van der Waals surface area (Å²) in [5, 5.41) is 0.783. The molecule has 0 unspecified atom stereocenters. The number of H-pyrrole nitrogens is 1. The molecule has 0 aliphatic carbocycles. The predicted molar refractivity (Wildman–Crippen MR) is 114 cm³/mol. The van der Waals surface area contributed by atoms with Crippen molar-refractivity contribution in [1.82, 2.24) is 9.88 Å². The van der Waals surface area contributed by atoms with E-state index in [1.54, 1.807) is 0 Å². The van der Waals surface area contributed by atoms with Crippen molar-refractivity contribution in [1.29, 1.82) is 0 Å². The maximum Gasteiger partial charge on any atom is 0.254 e. The van der Waals surface area contributed by atoms with Crippen LogP contribution in [-0.2, 0) is 6.42 Å². The summed E-state index contributed by atoms with van der Waals surface area (Å²) in [5.74, 6) is 1.49. The van der Waals surface area contributed by atoms with Gasteiger partial charge in [-0.1, -0.05) is 31.2 Å². The third kappa shape index (κ3) is 3.43. The average Bonchev–Trinajstić information content (AvgIpc) is 3.20. The van der Waals surface area contributed by atoms with Gasteiger partial charge in [0.25, 0.3) is 5.91 Å². The fourth-order valence-electron chi connectivity index (χ4n) is 4.73. The molecule has 0 bridgehead atoms. The summed E-state index contributed by atoms with van der Waals surface area (Å²) >= 11 is 0. The Labute approximate surface area is 174 Å². The summed E-state index contributed by atoms with van der Waals surface area (Å²) in [6.07, 6.45) is 2.83. The second kappa shape index (κ2) is 7.20. The first-order chi connectivity index (χ1) is 14.5. The minimum Gasteiger partial charge on any atom is -0.454 e. The molecular formula is C24H24N2O4. The summed E-state index contributed by atoms with van der Waals surface area (Å²) in [4.78, 5) is 30.2. The lowest BCUT2D eigenvalue weighted by Crippen LogP contribution is -2.46. The molecule has 1 fully saturated rings. The van der Waals surface area contributed by atoms with Crippen molar-refractivity contribution in [3.05, 3.63) is 70.0 Å². The first-order valence-corrected chi connectivity index (χ1v) is 10.3. The topological polar surface area (TPSA) is 71.6 Å². The molecule has 3 heterocycles. The Morgan fingerprint density at radius 1 is 1.13 bits per heavy atom. The molecule has 1 amide bonds. The van der Waals surface area contributed by atoms with Gasteiger partial charge in [-0.2, -0.15) is 0 Å². The van der Waals surface area contributed by atoms with Gasteiger partial charge < -0.3 is 19.4 Å². The van der Waals surface area contributed by atoms with Crippen molar-refractivity contribution in [3.8, 4) is 11.5 Å². The highest BCUT2D eigenvalue weighted by Crippen LogP contribution is 2.38. The predicted octanol–water partition coefficient (Wildman–Crippen LogP) is 3.74. The van der Waals surface area contributed by atoms with Crippen LogP contribution in [0.3, 0.4) is 0 Å². The number of nitrogens with one attached hydrogen (secondary N) is 1. The summed E-state index contributed by atoms with van der Waals surface area (Å²) < 4.78 is 10.9. The van der Waals surface area contributed by atoms with E-state index in [0.717, 1.165) is 36.1 Å². The summed E-state index contributed by atoms with van der Waals surface area (Å²) in [6.45, 7) is 3.85. The number of aromatic amines is 1. The SMILES string of the molecule is C[C@]1(Cc2ccc3c(c2)OCO3)CCCN(C(=O)c2cc(=O)[nH]c3ccccc23)C1. The molecule has 2 aliphatic heterocycles. The Hall–Kier alpha value is -3.28. The Morgan fingerprint density at radius 3 is 2.87 bits per heavy atom. The van der Waals surface area contributed by atoms with Crippen LogP contribution in [0.2, 0.25) is 0 Å². The molecule has 6 heteroatoms. The number of pyridine rings is 1. The zero-order valence-electron chi connectivity index (χ0n) is 16.9. The Morgan fingerprint density at radius 2 is 1.97 bits per heavy atom. The Bertz CT molecular complexity index is 1190. The Kier molecular flexibility index (Phi) is 4.50. The maximum atomic E-state index is 13.4. The molecule has 6 nitrogen and oxygen atoms in total. The van der Waals surface area contributed by atoms with Crippen LogP contribution in [0.1, 0.15) is 35.7 Å². The number of fused-ring (bicyclic) bond motifs is 2. The van der Waals surface area contributed by atoms with Crippen LogP contribution in [0, 0.1) is 5.41 Å². The van der Waals surface area contributed by atoms with Crippen LogP contribution in [0.4, 0.5) is 0 Å². The van der Waals surface area contributed by atoms with E-state index in [1.165, 1.54) is 11.6 Å². The monoisotopic (exact) mass is 404 g/mol. The van der Waals surface area contributed by atoms with Gasteiger partial charge in [-0.05, 0) is 48.4 Å². The van der Waals surface area contributed by atoms with E-state index in [2.05, 4.69) is 18.0 Å². The molecule has 1 atom stereocenters. The lowest BCUT2D eigenvalue weighted by Gasteiger charge is -2.41. The second-order valence-electron chi connectivity index (χ2n) is 8.60. The van der Waals surface area contributed by atoms with Crippen LogP contribution in [0.5, 0.6) is 11.5 Å². The summed E-state index contributed by atoms with van der Waals surface area (Å²) in [7, 11) is 0. The lowest BCUT2D eigenvalue weighted by atomic mass is 9.76. The van der Waals surface area contributed by atoms with Crippen molar-refractivity contribution in [3.63, 3.8) is 0 Å². The van der Waals surface area contributed by atoms with Crippen molar-refractivity contribution >= 4 is 16.8 Å². The van der Waals surface area contributed by atoms with E-state index < -0.39 is 0 Å². The van der Waals surface area contributed by atoms with Crippen LogP contribution in [-0.4, -0.2) is 35.7 Å². The van der Waals surface area contributed by atoms with Crippen LogP contribution >= 0.6 is 0 Å². The summed E-state index contributed by atoms with van der Waals surface area (Å²) in [6, 6.07) is 14.9. The van der Waals surface area contributed by atoms with E-state index in [4.69, 9.17) is 9.47 Å². The number of carbonyl (C=O) groups is 1. The number of likely N-dealkylation sites (tertiary alicyclic amines) is 1. The highest BCUT2D eigenvalue weighted by atomic mass is 16.7. The van der Waals surface area contributed by atoms with Crippen LogP contribution in [0.25, 0.3) is 10.9 Å². The molecule has 2 aliphatic rings. The molecule has 3 aromatic rings. The number of carbonyl (C=O) groups excluding carboxylic acids is 1. The minimum absolute atomic E-state index is 0.0430. The highest BCUT2D eigenvalue weighted by Gasteiger charge is 2.34. The van der Waals surface area contributed by atoms with Gasteiger partial charge in [-0.15, -0.1) is 0 Å². The van der Waals surface area contributed by atoms with Gasteiger partial charge in [-0.3, -0.25) is 9.59 Å². The highest BCUT2D eigenvalue weighted by molar-refractivity contribution is 6.06. The molecule has 5 rings (SSSR count). The van der Waals surface area contributed by atoms with Crippen molar-refractivity contribution in [2.45, 2.75) is 26.2 Å². The summed E-state index contributed by atoms with van der Waals surface area (Å²) in [5.41, 5.74) is 2.04. The second-order valence-corrected chi connectivity index (χ2v) is 8.60. The molecule has 30 heavy (non-hydrogen) atoms. The molecular weight excluding hydrogens is 380 g/mol. The van der Waals surface area contributed by atoms with Gasteiger partial charge in [0, 0.05) is 30.1 Å². The number of hydrogen-bond acceptors (Lipinski definition) is 4. The molecule has 2 aromatic carbocycles. The third-order valence-electron chi connectivity index (χ3n) is 6.12. The molecule has 0 radical (unpaired) electrons. The number of hydrogen-bond donors (Lipinski definition) is 1. The molecule has 1 N–H and O–H groups in total. The zero-order valence-corrected chi connectivity index (χ0v) is 16.9. The number of piperidine rings is 1. The minimum atomic E-state index is -0.253. The number of ether oxygens (including phenoxy) is 2. The van der Waals surface area contributed by atoms with Crippen molar-refractivity contribution in [2.24, 2.45) is 5.41 Å². The smallest absolute Gasteiger partial charge is 0.254 e. The van der Waals surface area contributed by atoms with E-state index in [-0.39, 0.29) is 23.7 Å². The van der Waals surface area contributed by atoms with Gasteiger partial charge in [0.2, 0.25) is 12.4 Å². The molecule has 154 valence electrons. The van der Waals surface area contributed by atoms with Crippen molar-refractivity contribution < 1.29 is 14.3 Å². The van der Waals surface area contributed by atoms with Crippen LogP contribution < -0.4 is 15.0 Å². The fourth-order valence-corrected chi connectivity index (χ4v) is 4.73. The first-order valence-electron chi connectivity index (χ1n) is 10.3.